The molecule has 0 spiro atoms. The van der Waals surface area contributed by atoms with Crippen molar-refractivity contribution in [2.24, 2.45) is 4.99 Å². The predicted molar refractivity (Wildman–Crippen MR) is 120 cm³/mol. The van der Waals surface area contributed by atoms with Crippen LogP contribution in [0.25, 0.3) is 0 Å². The highest BCUT2D eigenvalue weighted by molar-refractivity contribution is 14.0. The molecule has 166 valence electrons. The lowest BCUT2D eigenvalue weighted by Crippen LogP contribution is -2.52. The van der Waals surface area contributed by atoms with Gasteiger partial charge in [0.1, 0.15) is 11.6 Å². The molecule has 1 aliphatic heterocycles. The number of anilines is 1. The molecular formula is C18H23F4IN6S. The average Bonchev–Trinajstić information content (AvgIpc) is 3.18. The number of halogens is 5. The highest BCUT2D eigenvalue weighted by atomic mass is 127. The van der Waals surface area contributed by atoms with Crippen molar-refractivity contribution in [3.63, 3.8) is 0 Å². The Kier molecular flexibility index (Phi) is 8.64. The van der Waals surface area contributed by atoms with Gasteiger partial charge in [-0.2, -0.15) is 17.5 Å². The molecular weight excluding hydrogens is 535 g/mol. The van der Waals surface area contributed by atoms with Crippen LogP contribution in [0.4, 0.5) is 22.7 Å². The summed E-state index contributed by atoms with van der Waals surface area (Å²) >= 11 is 1.37. The molecule has 3 rings (SSSR count). The van der Waals surface area contributed by atoms with Crippen molar-refractivity contribution in [3.8, 4) is 0 Å². The molecule has 0 unspecified atom stereocenters. The van der Waals surface area contributed by atoms with Gasteiger partial charge in [-0.3, -0.25) is 4.99 Å². The van der Waals surface area contributed by atoms with Crippen LogP contribution in [0.15, 0.2) is 23.2 Å². The molecule has 1 saturated heterocycles. The van der Waals surface area contributed by atoms with E-state index in [4.69, 9.17) is 0 Å². The third-order valence-corrected chi connectivity index (χ3v) is 5.46. The Morgan fingerprint density at radius 3 is 2.50 bits per heavy atom. The van der Waals surface area contributed by atoms with Crippen molar-refractivity contribution in [1.82, 2.24) is 19.6 Å². The van der Waals surface area contributed by atoms with Crippen LogP contribution in [-0.2, 0) is 19.1 Å². The van der Waals surface area contributed by atoms with E-state index in [1.807, 2.05) is 11.8 Å². The smallest absolute Gasteiger partial charge is 0.352 e. The van der Waals surface area contributed by atoms with Crippen LogP contribution in [0.1, 0.15) is 23.9 Å². The monoisotopic (exact) mass is 558 g/mol. The van der Waals surface area contributed by atoms with Crippen LogP contribution in [0.5, 0.6) is 0 Å². The molecule has 1 aromatic heterocycles. The fourth-order valence-electron chi connectivity index (χ4n) is 3.10. The number of hydrogen-bond donors (Lipinski definition) is 1. The van der Waals surface area contributed by atoms with Crippen molar-refractivity contribution in [2.45, 2.75) is 26.1 Å². The van der Waals surface area contributed by atoms with Gasteiger partial charge < -0.3 is 15.1 Å². The first-order valence-electron chi connectivity index (χ1n) is 9.20. The van der Waals surface area contributed by atoms with Gasteiger partial charge in [0, 0.05) is 57.7 Å². The minimum Gasteiger partial charge on any atom is -0.352 e. The number of benzene rings is 1. The van der Waals surface area contributed by atoms with Crippen LogP contribution >= 0.6 is 35.5 Å². The minimum absolute atomic E-state index is 0. The van der Waals surface area contributed by atoms with E-state index in [-0.39, 0.29) is 36.1 Å². The SMILES string of the molecule is CCc1nsc(N2CCN(C(=NC)NCc3ccc(F)cc3C(F)(F)F)CC2)n1.I. The summed E-state index contributed by atoms with van der Waals surface area (Å²) in [4.78, 5) is 12.8. The Labute approximate surface area is 193 Å². The average molecular weight is 558 g/mol. The summed E-state index contributed by atoms with van der Waals surface area (Å²) in [6.45, 7) is 4.63. The van der Waals surface area contributed by atoms with Gasteiger partial charge in [0.25, 0.3) is 0 Å². The summed E-state index contributed by atoms with van der Waals surface area (Å²) in [5.74, 6) is 0.419. The molecule has 12 heteroatoms. The second-order valence-corrected chi connectivity index (χ2v) is 7.25. The summed E-state index contributed by atoms with van der Waals surface area (Å²) in [7, 11) is 1.59. The number of aliphatic imine (C=N–C) groups is 1. The number of hydrogen-bond acceptors (Lipinski definition) is 5. The molecule has 1 aliphatic rings. The summed E-state index contributed by atoms with van der Waals surface area (Å²) in [5, 5.41) is 3.84. The van der Waals surface area contributed by atoms with Crippen LogP contribution in [0.2, 0.25) is 0 Å². The maximum absolute atomic E-state index is 13.3. The van der Waals surface area contributed by atoms with E-state index in [2.05, 4.69) is 24.6 Å². The number of aromatic nitrogens is 2. The molecule has 2 aromatic rings. The van der Waals surface area contributed by atoms with Gasteiger partial charge in [-0.15, -0.1) is 24.0 Å². The molecule has 1 aromatic carbocycles. The molecule has 0 bridgehead atoms. The number of rotatable bonds is 4. The Hall–Kier alpha value is -1.70. The standard InChI is InChI=1S/C18H22F4N6S.HI/c1-3-15-25-17(29-26-15)28-8-6-27(7-9-28)16(23-2)24-11-12-4-5-13(19)10-14(12)18(20,21)22;/h4-5,10H,3,6-9,11H2,1-2H3,(H,23,24);1H. The molecule has 1 fully saturated rings. The van der Waals surface area contributed by atoms with Crippen molar-refractivity contribution in [1.29, 1.82) is 0 Å². The third kappa shape index (κ3) is 5.93. The maximum atomic E-state index is 13.3. The first kappa shape index (κ1) is 24.6. The Balaban J connectivity index is 0.00000320. The predicted octanol–water partition coefficient (Wildman–Crippen LogP) is 3.77. The van der Waals surface area contributed by atoms with Gasteiger partial charge in [-0.25, -0.2) is 9.37 Å². The fourth-order valence-corrected chi connectivity index (χ4v) is 3.90. The summed E-state index contributed by atoms with van der Waals surface area (Å²) in [5.41, 5.74) is -1.01. The normalized spacial score (nSPS) is 15.2. The maximum Gasteiger partial charge on any atom is 0.416 e. The minimum atomic E-state index is -4.62. The number of piperazine rings is 1. The molecule has 0 aliphatic carbocycles. The van der Waals surface area contributed by atoms with E-state index in [9.17, 15) is 17.6 Å². The first-order valence-corrected chi connectivity index (χ1v) is 9.98. The van der Waals surface area contributed by atoms with Gasteiger partial charge in [-0.05, 0) is 17.7 Å². The zero-order chi connectivity index (χ0) is 21.0. The van der Waals surface area contributed by atoms with Crippen molar-refractivity contribution in [2.75, 3.05) is 38.1 Å². The van der Waals surface area contributed by atoms with E-state index in [0.717, 1.165) is 29.5 Å². The van der Waals surface area contributed by atoms with Crippen molar-refractivity contribution in [3.05, 3.63) is 41.0 Å². The summed E-state index contributed by atoms with van der Waals surface area (Å²) < 4.78 is 57.1. The molecule has 0 amide bonds. The Morgan fingerprint density at radius 1 is 1.23 bits per heavy atom. The van der Waals surface area contributed by atoms with E-state index in [1.165, 1.54) is 11.5 Å². The Morgan fingerprint density at radius 2 is 1.93 bits per heavy atom. The van der Waals surface area contributed by atoms with Gasteiger partial charge in [0.05, 0.1) is 5.56 Å². The lowest BCUT2D eigenvalue weighted by Gasteiger charge is -2.36. The molecule has 2 heterocycles. The first-order chi connectivity index (χ1) is 13.8. The van der Waals surface area contributed by atoms with Crippen LogP contribution in [0.3, 0.4) is 0 Å². The zero-order valence-electron chi connectivity index (χ0n) is 16.5. The van der Waals surface area contributed by atoms with Gasteiger partial charge in [0.2, 0.25) is 5.13 Å². The highest BCUT2D eigenvalue weighted by Gasteiger charge is 2.34. The summed E-state index contributed by atoms with van der Waals surface area (Å²) in [6.07, 6.45) is -3.83. The fraction of sp³-hybridized carbons (Fsp3) is 0.500. The lowest BCUT2D eigenvalue weighted by molar-refractivity contribution is -0.138. The number of nitrogens with zero attached hydrogens (tertiary/aromatic N) is 5. The molecule has 0 radical (unpaired) electrons. The van der Waals surface area contributed by atoms with E-state index in [1.54, 1.807) is 7.05 Å². The van der Waals surface area contributed by atoms with Gasteiger partial charge in [0.15, 0.2) is 5.96 Å². The molecule has 6 nitrogen and oxygen atoms in total. The largest absolute Gasteiger partial charge is 0.416 e. The third-order valence-electron chi connectivity index (χ3n) is 4.65. The molecule has 30 heavy (non-hydrogen) atoms. The van der Waals surface area contributed by atoms with Gasteiger partial charge in [-0.1, -0.05) is 13.0 Å². The van der Waals surface area contributed by atoms with E-state index >= 15 is 0 Å². The van der Waals surface area contributed by atoms with Crippen molar-refractivity contribution >= 4 is 46.6 Å². The van der Waals surface area contributed by atoms with E-state index in [0.29, 0.717) is 38.2 Å². The number of guanidine groups is 1. The molecule has 0 saturated carbocycles. The van der Waals surface area contributed by atoms with Crippen LogP contribution in [-0.4, -0.2) is 53.4 Å². The number of aryl methyl sites for hydroxylation is 1. The molecule has 0 atom stereocenters. The molecule has 1 N–H and O–H groups in total. The second kappa shape index (κ2) is 10.6. The Bertz CT molecular complexity index is 865. The van der Waals surface area contributed by atoms with E-state index < -0.39 is 17.6 Å². The topological polar surface area (TPSA) is 56.7 Å². The van der Waals surface area contributed by atoms with Crippen LogP contribution in [0, 0.1) is 5.82 Å². The quantitative estimate of drug-likeness (QED) is 0.268. The second-order valence-electron chi connectivity index (χ2n) is 6.52. The van der Waals surface area contributed by atoms with Gasteiger partial charge >= 0.3 is 6.18 Å². The van der Waals surface area contributed by atoms with Crippen LogP contribution < -0.4 is 10.2 Å². The lowest BCUT2D eigenvalue weighted by atomic mass is 10.1. The highest BCUT2D eigenvalue weighted by Crippen LogP contribution is 2.32. The zero-order valence-corrected chi connectivity index (χ0v) is 19.7. The number of nitrogens with one attached hydrogen (secondary N) is 1. The summed E-state index contributed by atoms with van der Waals surface area (Å²) in [6, 6.07) is 2.70. The van der Waals surface area contributed by atoms with Crippen molar-refractivity contribution < 1.29 is 17.6 Å². The number of alkyl halides is 3.